The largest absolute Gasteiger partial charge is 0.504 e. The highest BCUT2D eigenvalue weighted by Gasteiger charge is 2.11. The fourth-order valence-electron chi connectivity index (χ4n) is 3.14. The summed E-state index contributed by atoms with van der Waals surface area (Å²) < 4.78 is 5.44. The average Bonchev–Trinajstić information content (AvgIpc) is 2.65. The Morgan fingerprint density at radius 3 is 2.41 bits per heavy atom. The van der Waals surface area contributed by atoms with Crippen molar-refractivity contribution in [3.8, 4) is 11.5 Å². The molecule has 0 heterocycles. The van der Waals surface area contributed by atoms with Crippen molar-refractivity contribution in [2.24, 2.45) is 0 Å². The molecule has 4 heteroatoms. The summed E-state index contributed by atoms with van der Waals surface area (Å²) in [6.07, 6.45) is 10.8. The molecule has 1 rings (SSSR count). The number of aromatic hydroxyl groups is 1. The number of benzene rings is 1. The number of unbranched alkanes of at least 4 members (excludes halogenated alkanes) is 6. The second-order valence-corrected chi connectivity index (χ2v) is 7.46. The Bertz CT molecular complexity index is 527. The van der Waals surface area contributed by atoms with Gasteiger partial charge < -0.3 is 14.9 Å². The van der Waals surface area contributed by atoms with Crippen LogP contribution >= 0.6 is 0 Å². The summed E-state index contributed by atoms with van der Waals surface area (Å²) in [5.74, 6) is 0.681. The highest BCUT2D eigenvalue weighted by molar-refractivity contribution is 5.79. The van der Waals surface area contributed by atoms with Crippen LogP contribution in [-0.4, -0.2) is 28.7 Å². The third-order valence-corrected chi connectivity index (χ3v) is 4.78. The number of hydrogen-bond donors (Lipinski definition) is 2. The van der Waals surface area contributed by atoms with Crippen LogP contribution in [0.5, 0.6) is 11.5 Å². The Balaban J connectivity index is 2.19. The van der Waals surface area contributed by atoms with E-state index in [2.05, 4.69) is 6.92 Å². The molecule has 4 nitrogen and oxygen atoms in total. The quantitative estimate of drug-likeness (QED) is 0.369. The van der Waals surface area contributed by atoms with Gasteiger partial charge in [-0.15, -0.1) is 0 Å². The molecule has 2 N–H and O–H groups in total. The maximum Gasteiger partial charge on any atom is 0.160 e. The summed E-state index contributed by atoms with van der Waals surface area (Å²) in [4.78, 5) is 12.1. The molecule has 1 aromatic rings. The Kier molecular flexibility index (Phi) is 12.6. The lowest BCUT2D eigenvalue weighted by Crippen LogP contribution is -2.14. The lowest BCUT2D eigenvalue weighted by Gasteiger charge is -2.11. The van der Waals surface area contributed by atoms with Crippen molar-refractivity contribution in [2.75, 3.05) is 6.61 Å². The number of hydrogen-bond acceptors (Lipinski definition) is 4. The van der Waals surface area contributed by atoms with Crippen LogP contribution in [0, 0.1) is 0 Å². The van der Waals surface area contributed by atoms with Gasteiger partial charge in [-0.05, 0) is 37.0 Å². The zero-order chi connectivity index (χ0) is 19.9. The average molecular weight is 379 g/mol. The molecule has 0 aliphatic rings. The van der Waals surface area contributed by atoms with Gasteiger partial charge in [-0.1, -0.05) is 64.9 Å². The Morgan fingerprint density at radius 1 is 1.04 bits per heavy atom. The Morgan fingerprint density at radius 2 is 1.74 bits per heavy atom. The highest BCUT2D eigenvalue weighted by atomic mass is 16.5. The predicted octanol–water partition coefficient (Wildman–Crippen LogP) is 5.57. The molecule has 0 bridgehead atoms. The number of aliphatic hydroxyl groups is 1. The molecule has 1 unspecified atom stereocenters. The molecule has 0 fully saturated rings. The maximum absolute atomic E-state index is 12.1. The first-order valence-electron chi connectivity index (χ1n) is 10.7. The molecule has 0 aliphatic carbocycles. The smallest absolute Gasteiger partial charge is 0.160 e. The standard InChI is InChI=1S/C23H38O4/c1-3-5-6-7-8-9-10-11-20(24)18-21(25)14-12-19-13-15-23(22(26)17-19)27-16-4-2/h13,15,17,20,24,26H,3-12,14,16,18H2,1-2H3. The van der Waals surface area contributed by atoms with Crippen LogP contribution in [0.1, 0.15) is 90.0 Å². The molecule has 0 radical (unpaired) electrons. The van der Waals surface area contributed by atoms with Crippen molar-refractivity contribution in [3.63, 3.8) is 0 Å². The van der Waals surface area contributed by atoms with Crippen molar-refractivity contribution in [3.05, 3.63) is 23.8 Å². The summed E-state index contributed by atoms with van der Waals surface area (Å²) in [7, 11) is 0. The van der Waals surface area contributed by atoms with Gasteiger partial charge in [0.1, 0.15) is 5.78 Å². The number of rotatable bonds is 16. The van der Waals surface area contributed by atoms with Crippen LogP contribution < -0.4 is 4.74 Å². The fraction of sp³-hybridized carbons (Fsp3) is 0.696. The SMILES string of the molecule is CCCCCCCCCC(O)CC(=O)CCc1ccc(OCCC)c(O)c1. The van der Waals surface area contributed by atoms with E-state index in [4.69, 9.17) is 4.74 Å². The van der Waals surface area contributed by atoms with Gasteiger partial charge in [0.15, 0.2) is 11.5 Å². The third kappa shape index (κ3) is 11.0. The second-order valence-electron chi connectivity index (χ2n) is 7.46. The normalized spacial score (nSPS) is 12.1. The van der Waals surface area contributed by atoms with E-state index >= 15 is 0 Å². The van der Waals surface area contributed by atoms with Gasteiger partial charge >= 0.3 is 0 Å². The first-order valence-corrected chi connectivity index (χ1v) is 10.7. The zero-order valence-corrected chi connectivity index (χ0v) is 17.2. The number of ketones is 1. The minimum atomic E-state index is -0.522. The molecule has 1 aromatic carbocycles. The zero-order valence-electron chi connectivity index (χ0n) is 17.2. The molecule has 0 aromatic heterocycles. The molecule has 154 valence electrons. The molecule has 0 spiro atoms. The van der Waals surface area contributed by atoms with Gasteiger partial charge in [-0.3, -0.25) is 4.79 Å². The summed E-state index contributed by atoms with van der Waals surface area (Å²) in [5.41, 5.74) is 0.909. The lowest BCUT2D eigenvalue weighted by atomic mass is 10.0. The monoisotopic (exact) mass is 378 g/mol. The van der Waals surface area contributed by atoms with Gasteiger partial charge in [0.2, 0.25) is 0 Å². The van der Waals surface area contributed by atoms with Crippen molar-refractivity contribution in [1.29, 1.82) is 0 Å². The number of carbonyl (C=O) groups excluding carboxylic acids is 1. The maximum atomic E-state index is 12.1. The molecule has 0 saturated heterocycles. The lowest BCUT2D eigenvalue weighted by molar-refractivity contribution is -0.121. The summed E-state index contributed by atoms with van der Waals surface area (Å²) in [6.45, 7) is 4.80. The first-order chi connectivity index (χ1) is 13.1. The summed E-state index contributed by atoms with van der Waals surface area (Å²) in [5, 5.41) is 20.0. The van der Waals surface area contributed by atoms with Gasteiger partial charge in [-0.25, -0.2) is 0 Å². The second kappa shape index (κ2) is 14.5. The highest BCUT2D eigenvalue weighted by Crippen LogP contribution is 2.27. The molecular formula is C23H38O4. The Hall–Kier alpha value is -1.55. The van der Waals surface area contributed by atoms with E-state index in [1.54, 1.807) is 12.1 Å². The summed E-state index contributed by atoms with van der Waals surface area (Å²) >= 11 is 0. The third-order valence-electron chi connectivity index (χ3n) is 4.78. The van der Waals surface area contributed by atoms with Crippen LogP contribution in [0.4, 0.5) is 0 Å². The Labute approximate surface area is 164 Å². The first kappa shape index (κ1) is 23.5. The van der Waals surface area contributed by atoms with E-state index < -0.39 is 6.10 Å². The van der Waals surface area contributed by atoms with Crippen LogP contribution in [0.2, 0.25) is 0 Å². The predicted molar refractivity (Wildman–Crippen MR) is 110 cm³/mol. The number of aliphatic hydroxyl groups excluding tert-OH is 1. The van der Waals surface area contributed by atoms with E-state index in [1.165, 1.54) is 32.1 Å². The van der Waals surface area contributed by atoms with E-state index in [1.807, 2.05) is 13.0 Å². The van der Waals surface area contributed by atoms with E-state index in [0.717, 1.165) is 24.8 Å². The number of ether oxygens (including phenoxy) is 1. The molecule has 0 amide bonds. The van der Waals surface area contributed by atoms with E-state index in [0.29, 0.717) is 31.6 Å². The topological polar surface area (TPSA) is 66.8 Å². The molecule has 0 saturated carbocycles. The van der Waals surface area contributed by atoms with Crippen molar-refractivity contribution >= 4 is 5.78 Å². The van der Waals surface area contributed by atoms with Crippen molar-refractivity contribution in [2.45, 2.75) is 97.0 Å². The van der Waals surface area contributed by atoms with Gasteiger partial charge in [0.25, 0.3) is 0 Å². The minimum Gasteiger partial charge on any atom is -0.504 e. The fourth-order valence-corrected chi connectivity index (χ4v) is 3.14. The van der Waals surface area contributed by atoms with Crippen LogP contribution in [-0.2, 0) is 11.2 Å². The van der Waals surface area contributed by atoms with E-state index in [-0.39, 0.29) is 18.0 Å². The molecule has 27 heavy (non-hydrogen) atoms. The molecule has 0 aliphatic heterocycles. The van der Waals surface area contributed by atoms with Gasteiger partial charge in [0, 0.05) is 12.8 Å². The molecule has 1 atom stereocenters. The van der Waals surface area contributed by atoms with Gasteiger partial charge in [-0.2, -0.15) is 0 Å². The van der Waals surface area contributed by atoms with Crippen molar-refractivity contribution < 1.29 is 19.7 Å². The van der Waals surface area contributed by atoms with Crippen LogP contribution in [0.3, 0.4) is 0 Å². The number of carbonyl (C=O) groups is 1. The summed E-state index contributed by atoms with van der Waals surface area (Å²) in [6, 6.07) is 5.29. The van der Waals surface area contributed by atoms with Gasteiger partial charge in [0.05, 0.1) is 12.7 Å². The number of phenolic OH excluding ortho intramolecular Hbond substituents is 1. The van der Waals surface area contributed by atoms with Crippen LogP contribution in [0.15, 0.2) is 18.2 Å². The number of phenols is 1. The van der Waals surface area contributed by atoms with Crippen LogP contribution in [0.25, 0.3) is 0 Å². The number of aryl methyl sites for hydroxylation is 1. The molecular weight excluding hydrogens is 340 g/mol. The van der Waals surface area contributed by atoms with Crippen molar-refractivity contribution in [1.82, 2.24) is 0 Å². The van der Waals surface area contributed by atoms with E-state index in [9.17, 15) is 15.0 Å². The number of Topliss-reactive ketones (excluding diaryl/α,β-unsaturated/α-hetero) is 1. The minimum absolute atomic E-state index is 0.0799.